The zero-order valence-corrected chi connectivity index (χ0v) is 39.2. The highest BCUT2D eigenvalue weighted by molar-refractivity contribution is 7.80. The summed E-state index contributed by atoms with van der Waals surface area (Å²) in [4.78, 5) is 12.9. The first-order valence-electron chi connectivity index (χ1n) is 24.0. The van der Waals surface area contributed by atoms with Gasteiger partial charge >= 0.3 is 16.4 Å². The van der Waals surface area contributed by atoms with Gasteiger partial charge < -0.3 is 34.3 Å². The van der Waals surface area contributed by atoms with Crippen molar-refractivity contribution >= 4 is 16.4 Å². The van der Waals surface area contributed by atoms with Crippen molar-refractivity contribution in [3.05, 3.63) is 60.8 Å². The van der Waals surface area contributed by atoms with Gasteiger partial charge in [-0.05, 0) is 77.0 Å². The van der Waals surface area contributed by atoms with Gasteiger partial charge in [-0.25, -0.2) is 4.18 Å². The molecule has 0 bridgehead atoms. The van der Waals surface area contributed by atoms with E-state index >= 15 is 0 Å². The molecule has 0 aromatic heterocycles. The second kappa shape index (κ2) is 40.3. The normalized spacial score (nSPS) is 20.5. The number of aliphatic hydroxyl groups is 3. The Morgan fingerprint density at radius 3 is 1.65 bits per heavy atom. The molecule has 6 atom stereocenters. The van der Waals surface area contributed by atoms with E-state index in [9.17, 15) is 33.1 Å². The van der Waals surface area contributed by atoms with Crippen molar-refractivity contribution in [2.75, 3.05) is 26.4 Å². The molecule has 0 amide bonds. The van der Waals surface area contributed by atoms with E-state index in [1.165, 1.54) is 77.0 Å². The van der Waals surface area contributed by atoms with Crippen LogP contribution < -0.4 is 0 Å². The van der Waals surface area contributed by atoms with Crippen molar-refractivity contribution in [3.63, 3.8) is 0 Å². The Balaban J connectivity index is 2.40. The molecule has 1 aliphatic heterocycles. The van der Waals surface area contributed by atoms with Crippen molar-refractivity contribution in [3.8, 4) is 0 Å². The van der Waals surface area contributed by atoms with Gasteiger partial charge in [-0.3, -0.25) is 9.35 Å². The Kier molecular flexibility index (Phi) is 37.6. The second-order valence-electron chi connectivity index (χ2n) is 16.3. The number of esters is 1. The van der Waals surface area contributed by atoms with Crippen LogP contribution in [-0.2, 0) is 38.3 Å². The van der Waals surface area contributed by atoms with Gasteiger partial charge in [-0.1, -0.05) is 158 Å². The zero-order chi connectivity index (χ0) is 45.4. The minimum atomic E-state index is -5.07. The fourth-order valence-corrected chi connectivity index (χ4v) is 7.52. The molecule has 1 heterocycles. The van der Waals surface area contributed by atoms with E-state index in [0.29, 0.717) is 13.0 Å². The summed E-state index contributed by atoms with van der Waals surface area (Å²) in [6, 6.07) is 0. The average molecular weight is 899 g/mol. The molecule has 1 rings (SSSR count). The number of carbonyl (C=O) groups excluding carboxylic acids is 1. The van der Waals surface area contributed by atoms with Crippen LogP contribution in [0.25, 0.3) is 0 Å². The van der Waals surface area contributed by atoms with Gasteiger partial charge in [0.25, 0.3) is 0 Å². The van der Waals surface area contributed by atoms with Gasteiger partial charge in [0, 0.05) is 13.0 Å². The molecule has 0 radical (unpaired) electrons. The molecule has 0 aromatic rings. The van der Waals surface area contributed by atoms with E-state index in [0.717, 1.165) is 77.0 Å². The fraction of sp³-hybridized carbons (Fsp3) is 0.776. The van der Waals surface area contributed by atoms with Crippen LogP contribution in [-0.4, -0.2) is 97.5 Å². The van der Waals surface area contributed by atoms with E-state index in [1.54, 1.807) is 0 Å². The standard InChI is InChI=1S/C49H86O12S/c1-3-5-7-9-11-13-15-17-19-20-21-22-23-24-25-26-28-30-32-34-36-38-45(51)59-43(41-57-39-37-35-33-31-29-27-18-16-14-12-10-8-6-4-2)42-58-49-47(53)48(61-62(54,55)56)46(52)44(40-50)60-49/h5,7,11,13-14,16-17,19,21-22,43-44,46-50,52-53H,3-4,6,8-10,12,15,18,20,23-42H2,1-2H3,(H,54,55,56)/b7-5-,13-11-,16-14-,19-17-,22-21-. The lowest BCUT2D eigenvalue weighted by atomic mass is 9.99. The third kappa shape index (κ3) is 33.3. The molecular formula is C49H86O12S. The number of rotatable bonds is 41. The van der Waals surface area contributed by atoms with E-state index in [4.69, 9.17) is 18.9 Å². The van der Waals surface area contributed by atoms with Crippen LogP contribution in [0.4, 0.5) is 0 Å². The van der Waals surface area contributed by atoms with Gasteiger partial charge in [-0.2, -0.15) is 8.42 Å². The van der Waals surface area contributed by atoms with Crippen LogP contribution in [0.2, 0.25) is 0 Å². The van der Waals surface area contributed by atoms with Crippen LogP contribution in [0.15, 0.2) is 60.8 Å². The Labute approximate surface area is 376 Å². The maximum atomic E-state index is 12.9. The van der Waals surface area contributed by atoms with Crippen molar-refractivity contribution in [2.24, 2.45) is 0 Å². The predicted molar refractivity (Wildman–Crippen MR) is 248 cm³/mol. The SMILES string of the molecule is CC/C=C\C/C=C\C/C=C\C/C=C\CCCCCCCCCCC(=O)OC(COCCCCCCCC/C=C\CCCCCC)COC1OC(CO)C(O)C(OS(=O)(=O)O)C1O. The number of hydrogen-bond acceptors (Lipinski definition) is 11. The maximum Gasteiger partial charge on any atom is 0.397 e. The number of aliphatic hydroxyl groups excluding tert-OH is 3. The molecule has 0 aromatic carbocycles. The lowest BCUT2D eigenvalue weighted by molar-refractivity contribution is -0.301. The highest BCUT2D eigenvalue weighted by Gasteiger charge is 2.48. The summed E-state index contributed by atoms with van der Waals surface area (Å²) in [6.45, 7) is 3.84. The second-order valence-corrected chi connectivity index (χ2v) is 17.4. The Bertz CT molecular complexity index is 1310. The Hall–Kier alpha value is -2.20. The van der Waals surface area contributed by atoms with Crippen molar-refractivity contribution in [2.45, 2.75) is 218 Å². The van der Waals surface area contributed by atoms with Crippen molar-refractivity contribution < 1.29 is 56.2 Å². The largest absolute Gasteiger partial charge is 0.457 e. The van der Waals surface area contributed by atoms with Gasteiger partial charge in [0.2, 0.25) is 0 Å². The molecule has 0 saturated carbocycles. The summed E-state index contributed by atoms with van der Waals surface area (Å²) in [5.41, 5.74) is 0. The van der Waals surface area contributed by atoms with E-state index in [2.05, 4.69) is 78.8 Å². The first-order valence-corrected chi connectivity index (χ1v) is 25.4. The molecule has 12 nitrogen and oxygen atoms in total. The molecule has 1 aliphatic rings. The summed E-state index contributed by atoms with van der Waals surface area (Å²) in [5, 5.41) is 30.7. The average Bonchev–Trinajstić information content (AvgIpc) is 3.24. The number of carbonyl (C=O) groups is 1. The van der Waals surface area contributed by atoms with Crippen molar-refractivity contribution in [1.29, 1.82) is 0 Å². The molecule has 1 fully saturated rings. The molecule has 6 unspecified atom stereocenters. The van der Waals surface area contributed by atoms with Crippen LogP contribution in [0.3, 0.4) is 0 Å². The highest BCUT2D eigenvalue weighted by Crippen LogP contribution is 2.26. The van der Waals surface area contributed by atoms with Gasteiger partial charge in [-0.15, -0.1) is 0 Å². The number of hydrogen-bond donors (Lipinski definition) is 4. The molecule has 62 heavy (non-hydrogen) atoms. The summed E-state index contributed by atoms with van der Waals surface area (Å²) < 4.78 is 59.1. The monoisotopic (exact) mass is 899 g/mol. The maximum absolute atomic E-state index is 12.9. The van der Waals surface area contributed by atoms with Crippen LogP contribution in [0.5, 0.6) is 0 Å². The molecule has 0 spiro atoms. The lowest BCUT2D eigenvalue weighted by Gasteiger charge is -2.41. The molecular weight excluding hydrogens is 813 g/mol. The van der Waals surface area contributed by atoms with Crippen LogP contribution in [0, 0.1) is 0 Å². The number of allylic oxidation sites excluding steroid dienone is 10. The predicted octanol–water partition coefficient (Wildman–Crippen LogP) is 10.5. The first kappa shape index (κ1) is 57.8. The Morgan fingerprint density at radius 2 is 1.11 bits per heavy atom. The van der Waals surface area contributed by atoms with Gasteiger partial charge in [0.1, 0.15) is 30.5 Å². The third-order valence-corrected chi connectivity index (χ3v) is 11.1. The molecule has 1 saturated heterocycles. The van der Waals surface area contributed by atoms with E-state index in [-0.39, 0.29) is 19.6 Å². The van der Waals surface area contributed by atoms with Crippen LogP contribution >= 0.6 is 0 Å². The lowest BCUT2D eigenvalue weighted by Crippen LogP contribution is -2.60. The zero-order valence-electron chi connectivity index (χ0n) is 38.4. The fourth-order valence-electron chi connectivity index (χ4n) is 7.01. The topological polar surface area (TPSA) is 178 Å². The third-order valence-electron chi connectivity index (χ3n) is 10.6. The van der Waals surface area contributed by atoms with Crippen LogP contribution in [0.1, 0.15) is 181 Å². The first-order chi connectivity index (χ1) is 30.1. The summed E-state index contributed by atoms with van der Waals surface area (Å²) in [7, 11) is -5.07. The summed E-state index contributed by atoms with van der Waals surface area (Å²) >= 11 is 0. The highest BCUT2D eigenvalue weighted by atomic mass is 32.3. The van der Waals surface area contributed by atoms with Crippen molar-refractivity contribution in [1.82, 2.24) is 0 Å². The molecule has 360 valence electrons. The molecule has 0 aliphatic carbocycles. The van der Waals surface area contributed by atoms with Gasteiger partial charge in [0.15, 0.2) is 6.29 Å². The Morgan fingerprint density at radius 1 is 0.629 bits per heavy atom. The van der Waals surface area contributed by atoms with Gasteiger partial charge in [0.05, 0.1) is 19.8 Å². The van der Waals surface area contributed by atoms with E-state index < -0.39 is 59.8 Å². The smallest absolute Gasteiger partial charge is 0.397 e. The number of ether oxygens (including phenoxy) is 4. The minimum Gasteiger partial charge on any atom is -0.457 e. The summed E-state index contributed by atoms with van der Waals surface area (Å²) in [5.74, 6) is -0.411. The minimum absolute atomic E-state index is 0.0264. The molecule has 13 heteroatoms. The van der Waals surface area contributed by atoms with E-state index in [1.807, 2.05) is 0 Å². The quantitative estimate of drug-likeness (QED) is 0.0198. The number of unbranched alkanes of at least 4 members (excludes halogenated alkanes) is 18. The summed E-state index contributed by atoms with van der Waals surface area (Å²) in [6.07, 6.45) is 41.0. The molecule has 4 N–H and O–H groups in total.